The molecule has 45 heavy (non-hydrogen) atoms. The number of nitrogens with zero attached hydrogens (tertiary/aromatic N) is 1. The highest BCUT2D eigenvalue weighted by Crippen LogP contribution is 2.43. The van der Waals surface area contributed by atoms with Crippen molar-refractivity contribution in [3.8, 4) is 16.9 Å². The molecule has 0 amide bonds. The van der Waals surface area contributed by atoms with Gasteiger partial charge >= 0.3 is 0 Å². The Labute approximate surface area is 276 Å². The lowest BCUT2D eigenvalue weighted by molar-refractivity contribution is 0.0786. The lowest BCUT2D eigenvalue weighted by Crippen LogP contribution is -2.26. The molecule has 0 bridgehead atoms. The van der Waals surface area contributed by atoms with Gasteiger partial charge in [0.1, 0.15) is 11.9 Å². The summed E-state index contributed by atoms with van der Waals surface area (Å²) in [7, 11) is 0. The fourth-order valence-electron chi connectivity index (χ4n) is 6.65. The molecule has 1 aliphatic heterocycles. The minimum Gasteiger partial charge on any atom is -0.489 e. The van der Waals surface area contributed by atoms with E-state index in [1.807, 2.05) is 44.2 Å². The first-order valence-electron chi connectivity index (χ1n) is 15.9. The summed E-state index contributed by atoms with van der Waals surface area (Å²) < 4.78 is 19.0. The Hall–Kier alpha value is -3.15. The number of aryl methyl sites for hydroxylation is 1. The van der Waals surface area contributed by atoms with Crippen molar-refractivity contribution in [2.24, 2.45) is 0 Å². The summed E-state index contributed by atoms with van der Waals surface area (Å²) in [6, 6.07) is 29.1. The molecule has 3 nitrogen and oxygen atoms in total. The Morgan fingerprint density at radius 2 is 1.64 bits per heavy atom. The Morgan fingerprint density at radius 1 is 0.889 bits per heavy atom. The smallest absolute Gasteiger partial charge is 0.119 e. The van der Waals surface area contributed by atoms with E-state index >= 15 is 0 Å². The highest BCUT2D eigenvalue weighted by molar-refractivity contribution is 6.36. The molecular weight excluding hydrogens is 604 g/mol. The Kier molecular flexibility index (Phi) is 9.68. The van der Waals surface area contributed by atoms with Gasteiger partial charge in [0.25, 0.3) is 0 Å². The number of ether oxygens (including phenoxy) is 1. The third-order valence-electron chi connectivity index (χ3n) is 8.99. The average molecular weight is 645 g/mol. The van der Waals surface area contributed by atoms with Crippen LogP contribution in [0.2, 0.25) is 10.0 Å². The zero-order chi connectivity index (χ0) is 31.6. The number of fused-ring (bicyclic) bond motifs is 1. The minimum atomic E-state index is -0.910. The van der Waals surface area contributed by atoms with E-state index in [4.69, 9.17) is 27.9 Å². The van der Waals surface area contributed by atoms with Crippen molar-refractivity contribution in [1.82, 2.24) is 4.90 Å². The highest BCUT2D eigenvalue weighted by atomic mass is 35.5. The number of likely N-dealkylation sites (tertiary alicyclic amines) is 1. The third kappa shape index (κ3) is 7.31. The summed E-state index contributed by atoms with van der Waals surface area (Å²) >= 11 is 13.1. The monoisotopic (exact) mass is 643 g/mol. The molecule has 0 aromatic heterocycles. The van der Waals surface area contributed by atoms with E-state index in [2.05, 4.69) is 59.5 Å². The number of benzene rings is 4. The van der Waals surface area contributed by atoms with Crippen molar-refractivity contribution in [2.75, 3.05) is 26.3 Å². The quantitative estimate of drug-likeness (QED) is 0.197. The van der Waals surface area contributed by atoms with Gasteiger partial charge in [0.15, 0.2) is 0 Å². The van der Waals surface area contributed by atoms with Gasteiger partial charge in [-0.15, -0.1) is 0 Å². The average Bonchev–Trinajstić information content (AvgIpc) is 3.38. The second-order valence-corrected chi connectivity index (χ2v) is 13.6. The summed E-state index contributed by atoms with van der Waals surface area (Å²) in [6.45, 7) is 5.92. The van der Waals surface area contributed by atoms with Crippen LogP contribution in [0.3, 0.4) is 0 Å². The van der Waals surface area contributed by atoms with Gasteiger partial charge in [-0.3, -0.25) is 9.29 Å². The second kappa shape index (κ2) is 13.7. The molecule has 1 aliphatic carbocycles. The zero-order valence-corrected chi connectivity index (χ0v) is 27.5. The second-order valence-electron chi connectivity index (χ2n) is 12.7. The van der Waals surface area contributed by atoms with Crippen LogP contribution in [-0.4, -0.2) is 42.4 Å². The molecule has 0 spiro atoms. The van der Waals surface area contributed by atoms with Crippen molar-refractivity contribution in [3.63, 3.8) is 0 Å². The van der Waals surface area contributed by atoms with E-state index < -0.39 is 5.60 Å². The summed E-state index contributed by atoms with van der Waals surface area (Å²) in [5.74, 6) is 0.846. The van der Waals surface area contributed by atoms with Gasteiger partial charge in [-0.25, -0.2) is 0 Å². The molecular formula is C39H40Cl2FNO2. The van der Waals surface area contributed by atoms with Crippen molar-refractivity contribution in [3.05, 3.63) is 123 Å². The molecule has 6 rings (SSSR count). The molecule has 0 saturated carbocycles. The maximum Gasteiger partial charge on any atom is 0.119 e. The lowest BCUT2D eigenvalue weighted by Gasteiger charge is -2.20. The van der Waals surface area contributed by atoms with Crippen LogP contribution in [0.5, 0.6) is 5.75 Å². The number of alkyl halides is 1. The molecule has 1 heterocycles. The normalized spacial score (nSPS) is 17.3. The molecule has 0 radical (unpaired) electrons. The third-order valence-corrected chi connectivity index (χ3v) is 9.54. The van der Waals surface area contributed by atoms with E-state index in [9.17, 15) is 9.50 Å². The Morgan fingerprint density at radius 3 is 2.40 bits per heavy atom. The number of allylic oxidation sites excluding steroid dienone is 1. The number of hydrogen-bond acceptors (Lipinski definition) is 3. The Balaban J connectivity index is 1.38. The van der Waals surface area contributed by atoms with Crippen LogP contribution in [0, 0.1) is 0 Å². The predicted molar refractivity (Wildman–Crippen MR) is 185 cm³/mol. The van der Waals surface area contributed by atoms with E-state index in [0.29, 0.717) is 16.5 Å². The van der Waals surface area contributed by atoms with Crippen LogP contribution < -0.4 is 4.74 Å². The predicted octanol–water partition coefficient (Wildman–Crippen LogP) is 10.00. The van der Waals surface area contributed by atoms with Gasteiger partial charge in [-0.1, -0.05) is 77.8 Å². The van der Waals surface area contributed by atoms with Gasteiger partial charge in [0, 0.05) is 29.7 Å². The van der Waals surface area contributed by atoms with Gasteiger partial charge in [0.2, 0.25) is 0 Å². The number of rotatable bonds is 9. The largest absolute Gasteiger partial charge is 0.489 e. The van der Waals surface area contributed by atoms with Crippen LogP contribution in [0.15, 0.2) is 84.9 Å². The number of halogens is 3. The van der Waals surface area contributed by atoms with Crippen LogP contribution in [-0.2, 0) is 12.0 Å². The topological polar surface area (TPSA) is 32.7 Å². The maximum absolute atomic E-state index is 12.6. The molecule has 1 saturated heterocycles. The van der Waals surface area contributed by atoms with Gasteiger partial charge in [-0.2, -0.15) is 0 Å². The van der Waals surface area contributed by atoms with Crippen molar-refractivity contribution in [1.29, 1.82) is 0 Å². The molecule has 4 aromatic rings. The molecule has 2 aliphatic rings. The molecule has 1 N–H and O–H groups in total. The molecule has 1 fully saturated rings. The van der Waals surface area contributed by atoms with E-state index in [0.717, 1.165) is 78.9 Å². The van der Waals surface area contributed by atoms with E-state index in [-0.39, 0.29) is 12.8 Å². The standard InChI is InChI=1S/C39H40Cl2FNO2/c1-39(2,44)30-8-3-6-27(23-30)28-12-16-34-29(22-28)7-4-9-36(35-17-13-31(40)24-37(35)41)38(34)26-10-14-32(15-11-26)45-33-18-21-43(25-33)20-5-19-42/h3,6,8,10-17,22-24,33,44H,4-5,7,9,18-21,25H2,1-2H3. The van der Waals surface area contributed by atoms with Crippen molar-refractivity contribution < 1.29 is 14.2 Å². The molecule has 234 valence electrons. The first-order chi connectivity index (χ1) is 21.7. The molecule has 1 atom stereocenters. The fraction of sp³-hybridized carbons (Fsp3) is 0.333. The first kappa shape index (κ1) is 31.8. The van der Waals surface area contributed by atoms with Crippen LogP contribution in [0.4, 0.5) is 4.39 Å². The summed E-state index contributed by atoms with van der Waals surface area (Å²) in [6.07, 6.45) is 4.45. The minimum absolute atomic E-state index is 0.116. The van der Waals surface area contributed by atoms with Crippen LogP contribution in [0.1, 0.15) is 67.3 Å². The first-order valence-corrected chi connectivity index (χ1v) is 16.7. The summed E-state index contributed by atoms with van der Waals surface area (Å²) in [4.78, 5) is 2.28. The lowest BCUT2D eigenvalue weighted by atomic mass is 9.86. The van der Waals surface area contributed by atoms with Crippen LogP contribution >= 0.6 is 23.2 Å². The van der Waals surface area contributed by atoms with Crippen molar-refractivity contribution in [2.45, 2.75) is 57.7 Å². The van der Waals surface area contributed by atoms with E-state index in [1.54, 1.807) is 0 Å². The summed E-state index contributed by atoms with van der Waals surface area (Å²) in [5, 5.41) is 11.9. The van der Waals surface area contributed by atoms with Crippen LogP contribution in [0.25, 0.3) is 22.3 Å². The van der Waals surface area contributed by atoms with Gasteiger partial charge < -0.3 is 9.84 Å². The molecule has 1 unspecified atom stereocenters. The van der Waals surface area contributed by atoms with Gasteiger partial charge in [-0.05, 0) is 126 Å². The number of hydrogen-bond donors (Lipinski definition) is 1. The fourth-order valence-corrected chi connectivity index (χ4v) is 7.17. The highest BCUT2D eigenvalue weighted by Gasteiger charge is 2.25. The number of aliphatic hydroxyl groups is 1. The Bertz CT molecular complexity index is 1690. The van der Waals surface area contributed by atoms with Crippen molar-refractivity contribution >= 4 is 34.3 Å². The maximum atomic E-state index is 12.6. The van der Waals surface area contributed by atoms with E-state index in [1.165, 1.54) is 22.3 Å². The van der Waals surface area contributed by atoms with Gasteiger partial charge in [0.05, 0.1) is 12.3 Å². The SMILES string of the molecule is CC(C)(O)c1cccc(-c2ccc3c(c2)CCCC(c2ccc(Cl)cc2Cl)=C3c2ccc(OC3CCN(CCCF)C3)cc2)c1. The zero-order valence-electron chi connectivity index (χ0n) is 26.0. The molecule has 6 heteroatoms. The molecule has 4 aromatic carbocycles. The summed E-state index contributed by atoms with van der Waals surface area (Å²) in [5.41, 5.74) is 9.19.